The van der Waals surface area contributed by atoms with Gasteiger partial charge in [-0.15, -0.1) is 0 Å². The first-order valence-electron chi connectivity index (χ1n) is 11.3. The van der Waals surface area contributed by atoms with Crippen molar-refractivity contribution in [1.82, 2.24) is 4.90 Å². The van der Waals surface area contributed by atoms with Crippen molar-refractivity contribution >= 4 is 29.1 Å². The first-order chi connectivity index (χ1) is 15.8. The Morgan fingerprint density at radius 1 is 1.21 bits per heavy atom. The van der Waals surface area contributed by atoms with Crippen molar-refractivity contribution in [2.24, 2.45) is 0 Å². The Bertz CT molecular complexity index is 1130. The van der Waals surface area contributed by atoms with Crippen molar-refractivity contribution < 1.29 is 23.8 Å². The van der Waals surface area contributed by atoms with E-state index in [4.69, 9.17) is 25.8 Å². The number of amides is 2. The minimum atomic E-state index is -0.183. The Hall–Kier alpha value is -2.93. The molecule has 0 radical (unpaired) electrons. The molecule has 2 atom stereocenters. The Balaban J connectivity index is 1.38. The summed E-state index contributed by atoms with van der Waals surface area (Å²) in [4.78, 5) is 27.1. The van der Waals surface area contributed by atoms with Crippen molar-refractivity contribution in [3.63, 3.8) is 0 Å². The van der Waals surface area contributed by atoms with E-state index < -0.39 is 0 Å². The first-order valence-corrected chi connectivity index (χ1v) is 11.7. The van der Waals surface area contributed by atoms with Gasteiger partial charge in [-0.3, -0.25) is 9.59 Å². The predicted molar refractivity (Wildman–Crippen MR) is 125 cm³/mol. The van der Waals surface area contributed by atoms with Gasteiger partial charge in [-0.25, -0.2) is 0 Å². The topological polar surface area (TPSA) is 77.1 Å². The van der Waals surface area contributed by atoms with Gasteiger partial charge in [-0.05, 0) is 50.5 Å². The summed E-state index contributed by atoms with van der Waals surface area (Å²) in [5.41, 5.74) is 3.08. The zero-order valence-electron chi connectivity index (χ0n) is 18.9. The highest BCUT2D eigenvalue weighted by atomic mass is 35.5. The first kappa shape index (κ1) is 21.9. The number of hydrogen-bond donors (Lipinski definition) is 1. The maximum absolute atomic E-state index is 13.6. The summed E-state index contributed by atoms with van der Waals surface area (Å²) in [6.07, 6.45) is 1.56. The number of benzene rings is 2. The van der Waals surface area contributed by atoms with Crippen LogP contribution in [0.25, 0.3) is 0 Å². The van der Waals surface area contributed by atoms with Crippen LogP contribution in [0.2, 0.25) is 5.02 Å². The molecule has 2 aromatic carbocycles. The van der Waals surface area contributed by atoms with Gasteiger partial charge in [-0.1, -0.05) is 17.7 Å². The highest BCUT2D eigenvalue weighted by molar-refractivity contribution is 6.33. The molecule has 174 valence electrons. The monoisotopic (exact) mass is 470 g/mol. The smallest absolute Gasteiger partial charge is 0.261 e. The van der Waals surface area contributed by atoms with Gasteiger partial charge in [0.25, 0.3) is 5.91 Å². The number of carbonyl (C=O) groups excluding carboxylic acids is 2. The molecule has 3 aliphatic rings. The second-order valence-electron chi connectivity index (χ2n) is 9.14. The minimum Gasteiger partial charge on any atom is -0.490 e. The lowest BCUT2D eigenvalue weighted by atomic mass is 10.0. The maximum Gasteiger partial charge on any atom is 0.261 e. The Labute approximate surface area is 197 Å². The van der Waals surface area contributed by atoms with Gasteiger partial charge in [0.2, 0.25) is 5.91 Å². The molecule has 1 N–H and O–H groups in total. The summed E-state index contributed by atoms with van der Waals surface area (Å²) >= 11 is 6.53. The quantitative estimate of drug-likeness (QED) is 0.717. The lowest BCUT2D eigenvalue weighted by Gasteiger charge is -2.23. The summed E-state index contributed by atoms with van der Waals surface area (Å²) in [5, 5.41) is 3.33. The largest absolute Gasteiger partial charge is 0.490 e. The minimum absolute atomic E-state index is 0.0172. The molecule has 3 heterocycles. The van der Waals surface area contributed by atoms with Crippen LogP contribution in [-0.4, -0.2) is 48.1 Å². The lowest BCUT2D eigenvalue weighted by Crippen LogP contribution is -2.37. The second-order valence-corrected chi connectivity index (χ2v) is 9.52. The number of ether oxygens (including phenoxy) is 3. The van der Waals surface area contributed by atoms with Crippen LogP contribution in [0.1, 0.15) is 48.2 Å². The van der Waals surface area contributed by atoms with Crippen molar-refractivity contribution in [2.75, 3.05) is 18.5 Å². The molecule has 1 saturated heterocycles. The fraction of sp³-hybridized carbons (Fsp3) is 0.440. The SMILES string of the molecule is Cc1cc2c(c(OC(C)C)c1Cl)C(=O)N1C[C@@H](Oc3ccc4c(c3)NC(=O)CC4)C[C@@H]1CO2. The summed E-state index contributed by atoms with van der Waals surface area (Å²) < 4.78 is 18.3. The standard InChI is InChI=1S/C25H27ClN2O5/c1-13(2)32-24-22-20(8-14(3)23(24)26)31-12-16-9-18(11-28(16)25(22)30)33-17-6-4-15-5-7-21(29)27-19(15)10-17/h4,6,8,10,13,16,18H,5,7,9,11-12H2,1-3H3,(H,27,29)/t16-,18+/m1/s1. The van der Waals surface area contributed by atoms with Crippen LogP contribution in [-0.2, 0) is 11.2 Å². The van der Waals surface area contributed by atoms with Crippen LogP contribution in [0.15, 0.2) is 24.3 Å². The Morgan fingerprint density at radius 2 is 2.03 bits per heavy atom. The van der Waals surface area contributed by atoms with Crippen LogP contribution >= 0.6 is 11.6 Å². The number of fused-ring (bicyclic) bond motifs is 3. The average Bonchev–Trinajstić information content (AvgIpc) is 3.12. The van der Waals surface area contributed by atoms with E-state index in [-0.39, 0.29) is 30.1 Å². The van der Waals surface area contributed by atoms with Crippen molar-refractivity contribution in [1.29, 1.82) is 0 Å². The van der Waals surface area contributed by atoms with Crippen molar-refractivity contribution in [3.05, 3.63) is 46.0 Å². The number of aryl methyl sites for hydroxylation is 2. The lowest BCUT2D eigenvalue weighted by molar-refractivity contribution is -0.116. The number of rotatable bonds is 4. The third-order valence-electron chi connectivity index (χ3n) is 6.28. The van der Waals surface area contributed by atoms with Crippen LogP contribution in [0, 0.1) is 6.92 Å². The van der Waals surface area contributed by atoms with Gasteiger partial charge < -0.3 is 24.4 Å². The summed E-state index contributed by atoms with van der Waals surface area (Å²) in [6.45, 7) is 6.48. The zero-order valence-corrected chi connectivity index (χ0v) is 19.7. The molecule has 2 amide bonds. The van der Waals surface area contributed by atoms with Crippen molar-refractivity contribution in [2.45, 2.75) is 58.3 Å². The van der Waals surface area contributed by atoms with E-state index in [2.05, 4.69) is 5.32 Å². The zero-order chi connectivity index (χ0) is 23.3. The number of halogens is 1. The molecule has 0 aromatic heterocycles. The van der Waals surface area contributed by atoms with Gasteiger partial charge in [0, 0.05) is 24.6 Å². The Morgan fingerprint density at radius 3 is 2.82 bits per heavy atom. The maximum atomic E-state index is 13.6. The van der Waals surface area contributed by atoms with Crippen molar-refractivity contribution in [3.8, 4) is 17.2 Å². The highest BCUT2D eigenvalue weighted by Crippen LogP contribution is 2.42. The van der Waals surface area contributed by atoms with Crippen LogP contribution in [0.5, 0.6) is 17.2 Å². The molecule has 1 fully saturated rings. The molecule has 8 heteroatoms. The molecule has 0 bridgehead atoms. The third-order valence-corrected chi connectivity index (χ3v) is 6.75. The molecular weight excluding hydrogens is 444 g/mol. The fourth-order valence-electron chi connectivity index (χ4n) is 4.71. The molecule has 2 aromatic rings. The molecular formula is C25H27ClN2O5. The van der Waals surface area contributed by atoms with Crippen LogP contribution in [0.3, 0.4) is 0 Å². The van der Waals surface area contributed by atoms with E-state index in [9.17, 15) is 9.59 Å². The molecule has 0 aliphatic carbocycles. The fourth-order valence-corrected chi connectivity index (χ4v) is 4.90. The summed E-state index contributed by atoms with van der Waals surface area (Å²) in [7, 11) is 0. The Kier molecular flexibility index (Phi) is 5.60. The number of carbonyl (C=O) groups is 2. The van der Waals surface area contributed by atoms with Crippen LogP contribution < -0.4 is 19.5 Å². The van der Waals surface area contributed by atoms with Gasteiger partial charge in [0.15, 0.2) is 5.75 Å². The third kappa shape index (κ3) is 4.10. The van der Waals surface area contributed by atoms with Gasteiger partial charge in [-0.2, -0.15) is 0 Å². The molecule has 0 spiro atoms. The van der Waals surface area contributed by atoms with E-state index in [0.717, 1.165) is 23.2 Å². The normalized spacial score (nSPS) is 21.5. The predicted octanol–water partition coefficient (Wildman–Crippen LogP) is 4.37. The number of nitrogens with one attached hydrogen (secondary N) is 1. The van der Waals surface area contributed by atoms with E-state index in [0.29, 0.717) is 53.8 Å². The van der Waals surface area contributed by atoms with E-state index in [1.165, 1.54) is 0 Å². The summed E-state index contributed by atoms with van der Waals surface area (Å²) in [6, 6.07) is 7.46. The van der Waals surface area contributed by atoms with E-state index in [1.807, 2.05) is 39.0 Å². The average molecular weight is 471 g/mol. The molecule has 7 nitrogen and oxygen atoms in total. The molecule has 0 saturated carbocycles. The molecule has 5 rings (SSSR count). The van der Waals surface area contributed by atoms with Gasteiger partial charge in [0.05, 0.1) is 23.7 Å². The van der Waals surface area contributed by atoms with Gasteiger partial charge >= 0.3 is 0 Å². The highest BCUT2D eigenvalue weighted by Gasteiger charge is 2.42. The molecule has 3 aliphatic heterocycles. The number of nitrogens with zero attached hydrogens (tertiary/aromatic N) is 1. The van der Waals surface area contributed by atoms with Gasteiger partial charge in [0.1, 0.15) is 29.8 Å². The molecule has 33 heavy (non-hydrogen) atoms. The van der Waals surface area contributed by atoms with Crippen LogP contribution in [0.4, 0.5) is 5.69 Å². The number of hydrogen-bond acceptors (Lipinski definition) is 5. The summed E-state index contributed by atoms with van der Waals surface area (Å²) in [5.74, 6) is 1.42. The molecule has 0 unspecified atom stereocenters. The van der Waals surface area contributed by atoms with E-state index in [1.54, 1.807) is 11.0 Å². The number of anilines is 1. The second kappa shape index (κ2) is 8.45. The van der Waals surface area contributed by atoms with E-state index >= 15 is 0 Å².